The first-order chi connectivity index (χ1) is 26.3. The van der Waals surface area contributed by atoms with Crippen molar-refractivity contribution in [1.29, 1.82) is 0 Å². The van der Waals surface area contributed by atoms with Crippen molar-refractivity contribution in [3.05, 3.63) is 36.5 Å². The van der Waals surface area contributed by atoms with E-state index in [0.29, 0.717) is 6.42 Å². The van der Waals surface area contributed by atoms with Gasteiger partial charge in [-0.15, -0.1) is 0 Å². The van der Waals surface area contributed by atoms with Gasteiger partial charge in [0.2, 0.25) is 5.91 Å². The van der Waals surface area contributed by atoms with Crippen LogP contribution in [0, 0.1) is 0 Å². The monoisotopic (exact) mass is 780 g/mol. The number of allylic oxidation sites excluding steroid dienone is 5. The van der Waals surface area contributed by atoms with E-state index >= 15 is 0 Å². The van der Waals surface area contributed by atoms with E-state index < -0.39 is 28.0 Å². The molecule has 0 rings (SSSR count). The zero-order valence-electron chi connectivity index (χ0n) is 35.6. The average Bonchev–Trinajstić information content (AvgIpc) is 3.14. The summed E-state index contributed by atoms with van der Waals surface area (Å²) < 4.78 is 32.6. The van der Waals surface area contributed by atoms with Gasteiger partial charge in [-0.2, -0.15) is 8.42 Å². The Morgan fingerprint density at radius 2 is 0.833 bits per heavy atom. The number of aliphatic hydroxyl groups excluding tert-OH is 1. The van der Waals surface area contributed by atoms with Crippen LogP contribution in [0.4, 0.5) is 0 Å². The molecular formula is C47H89NO5S. The lowest BCUT2D eigenvalue weighted by atomic mass is 10.0. The van der Waals surface area contributed by atoms with E-state index in [1.165, 1.54) is 173 Å². The smallest absolute Gasteiger partial charge is 0.267 e. The Labute approximate surface area is 336 Å². The summed E-state index contributed by atoms with van der Waals surface area (Å²) in [6.07, 6.45) is 54.2. The molecule has 0 aromatic heterocycles. The van der Waals surface area contributed by atoms with Crippen LogP contribution in [0.25, 0.3) is 0 Å². The molecule has 0 saturated heterocycles. The number of carbonyl (C=O) groups is 1. The zero-order chi connectivity index (χ0) is 39.6. The minimum absolute atomic E-state index is 0.281. The molecule has 0 aliphatic rings. The number of rotatable bonds is 42. The summed E-state index contributed by atoms with van der Waals surface area (Å²) in [5.41, 5.74) is 0. The van der Waals surface area contributed by atoms with Crippen LogP contribution in [0.5, 0.6) is 0 Å². The molecule has 54 heavy (non-hydrogen) atoms. The average molecular weight is 780 g/mol. The summed E-state index contributed by atoms with van der Waals surface area (Å²) in [6.45, 7) is 4.52. The molecule has 0 fully saturated rings. The predicted molar refractivity (Wildman–Crippen MR) is 235 cm³/mol. The first-order valence-electron chi connectivity index (χ1n) is 23.2. The topological polar surface area (TPSA) is 104 Å². The fourth-order valence-corrected chi connectivity index (χ4v) is 7.80. The lowest BCUT2D eigenvalue weighted by Crippen LogP contribution is -2.46. The third-order valence-electron chi connectivity index (χ3n) is 10.6. The molecule has 0 aliphatic carbocycles. The maximum atomic E-state index is 12.6. The van der Waals surface area contributed by atoms with Gasteiger partial charge >= 0.3 is 0 Å². The van der Waals surface area contributed by atoms with Gasteiger partial charge in [-0.3, -0.25) is 9.35 Å². The zero-order valence-corrected chi connectivity index (χ0v) is 36.4. The first kappa shape index (κ1) is 52.6. The number of unbranched alkanes of at least 4 members (excludes halogenated alkanes) is 30. The summed E-state index contributed by atoms with van der Waals surface area (Å²) in [7, 11) is -4.35. The van der Waals surface area contributed by atoms with Gasteiger partial charge in [-0.1, -0.05) is 217 Å². The van der Waals surface area contributed by atoms with Crippen LogP contribution < -0.4 is 5.32 Å². The summed E-state index contributed by atoms with van der Waals surface area (Å²) in [6, 6.07) is -1.06. The van der Waals surface area contributed by atoms with Crippen LogP contribution in [0.1, 0.15) is 239 Å². The molecule has 1 amide bonds. The second kappa shape index (κ2) is 41.2. The molecular weight excluding hydrogens is 691 g/mol. The quantitative estimate of drug-likeness (QED) is 0.0325. The Morgan fingerprint density at radius 3 is 1.24 bits per heavy atom. The molecule has 2 atom stereocenters. The maximum Gasteiger partial charge on any atom is 0.267 e. The van der Waals surface area contributed by atoms with Crippen LogP contribution in [0.3, 0.4) is 0 Å². The maximum absolute atomic E-state index is 12.6. The van der Waals surface area contributed by atoms with Gasteiger partial charge in [0.05, 0.1) is 17.9 Å². The number of aliphatic hydroxyl groups is 1. The van der Waals surface area contributed by atoms with Crippen molar-refractivity contribution in [2.24, 2.45) is 0 Å². The lowest BCUT2D eigenvalue weighted by molar-refractivity contribution is -0.122. The Kier molecular flexibility index (Phi) is 40.1. The molecule has 0 heterocycles. The molecule has 0 aliphatic heterocycles. The molecule has 7 heteroatoms. The van der Waals surface area contributed by atoms with Gasteiger partial charge < -0.3 is 10.4 Å². The summed E-state index contributed by atoms with van der Waals surface area (Å²) in [5, 5.41) is 13.3. The van der Waals surface area contributed by atoms with Crippen LogP contribution in [-0.2, 0) is 14.9 Å². The van der Waals surface area contributed by atoms with Crippen molar-refractivity contribution >= 4 is 16.0 Å². The van der Waals surface area contributed by atoms with E-state index in [2.05, 4.69) is 43.5 Å². The van der Waals surface area contributed by atoms with E-state index in [-0.39, 0.29) is 5.91 Å². The highest BCUT2D eigenvalue weighted by Crippen LogP contribution is 2.16. The molecule has 6 nitrogen and oxygen atoms in total. The number of hydrogen-bond donors (Lipinski definition) is 3. The third kappa shape index (κ3) is 41.7. The van der Waals surface area contributed by atoms with Crippen molar-refractivity contribution in [3.8, 4) is 0 Å². The molecule has 0 spiro atoms. The lowest BCUT2D eigenvalue weighted by Gasteiger charge is -2.21. The Hall–Kier alpha value is -1.44. The number of amides is 1. The number of hydrogen-bond acceptors (Lipinski definition) is 4. The van der Waals surface area contributed by atoms with Crippen molar-refractivity contribution in [1.82, 2.24) is 5.32 Å². The fourth-order valence-electron chi connectivity index (χ4n) is 7.07. The van der Waals surface area contributed by atoms with Gasteiger partial charge in [0.15, 0.2) is 0 Å². The molecule has 318 valence electrons. The molecule has 0 aromatic rings. The predicted octanol–water partition coefficient (Wildman–Crippen LogP) is 14.1. The van der Waals surface area contributed by atoms with E-state index in [4.69, 9.17) is 0 Å². The van der Waals surface area contributed by atoms with Crippen LogP contribution in [0.15, 0.2) is 36.5 Å². The van der Waals surface area contributed by atoms with Gasteiger partial charge in [-0.25, -0.2) is 0 Å². The van der Waals surface area contributed by atoms with Gasteiger partial charge in [-0.05, 0) is 51.4 Å². The number of nitrogens with one attached hydrogen (secondary N) is 1. The van der Waals surface area contributed by atoms with Crippen LogP contribution in [0.2, 0.25) is 0 Å². The standard InChI is InChI=1S/C47H89NO5S/c1-3-5-7-9-11-13-15-17-19-21-23-25-26-28-30-32-34-36-38-40-42-46(49)45(44-54(51,52)53)48-47(50)43-41-39-37-35-33-31-29-27-24-22-20-18-16-14-12-10-8-6-4-2/h12,14,18,20,40,42,45-46,49H,3-11,13,15-17,19,21-39,41,43-44H2,1-2H3,(H,48,50)(H,51,52,53)/b14-12-,20-18-,42-40+. The van der Waals surface area contributed by atoms with Crippen molar-refractivity contribution < 1.29 is 22.9 Å². The first-order valence-corrected chi connectivity index (χ1v) is 24.8. The van der Waals surface area contributed by atoms with Crippen molar-refractivity contribution in [3.63, 3.8) is 0 Å². The van der Waals surface area contributed by atoms with Crippen LogP contribution >= 0.6 is 0 Å². The summed E-state index contributed by atoms with van der Waals surface area (Å²) in [5.74, 6) is -0.979. The largest absolute Gasteiger partial charge is 0.387 e. The fraction of sp³-hybridized carbons (Fsp3) is 0.851. The molecule has 3 N–H and O–H groups in total. The van der Waals surface area contributed by atoms with Crippen LogP contribution in [-0.4, -0.2) is 41.9 Å². The summed E-state index contributed by atoms with van der Waals surface area (Å²) in [4.78, 5) is 12.6. The molecule has 0 radical (unpaired) electrons. The normalized spacial score (nSPS) is 13.5. The highest BCUT2D eigenvalue weighted by Gasteiger charge is 2.24. The molecule has 2 unspecified atom stereocenters. The Balaban J connectivity index is 3.85. The molecule has 0 saturated carbocycles. The second-order valence-corrected chi connectivity index (χ2v) is 17.5. The van der Waals surface area contributed by atoms with Gasteiger partial charge in [0, 0.05) is 6.42 Å². The molecule has 0 aromatic carbocycles. The van der Waals surface area contributed by atoms with E-state index in [9.17, 15) is 22.9 Å². The molecule has 0 bridgehead atoms. The van der Waals surface area contributed by atoms with E-state index in [0.717, 1.165) is 44.9 Å². The van der Waals surface area contributed by atoms with Crippen molar-refractivity contribution in [2.45, 2.75) is 251 Å². The SMILES string of the molecule is CCCCC/C=C\C/C=C\CCCCCCCCCCCC(=O)NC(CS(=O)(=O)O)C(O)/C=C/CCCCCCCCCCCCCCCCCCCC. The Bertz CT molecular complexity index is 992. The van der Waals surface area contributed by atoms with E-state index in [1.54, 1.807) is 6.08 Å². The second-order valence-electron chi connectivity index (χ2n) is 16.0. The minimum Gasteiger partial charge on any atom is -0.387 e. The van der Waals surface area contributed by atoms with Gasteiger partial charge in [0.1, 0.15) is 0 Å². The Morgan fingerprint density at radius 1 is 0.500 bits per heavy atom. The highest BCUT2D eigenvalue weighted by molar-refractivity contribution is 7.85. The minimum atomic E-state index is -4.35. The summed E-state index contributed by atoms with van der Waals surface area (Å²) >= 11 is 0. The van der Waals surface area contributed by atoms with Crippen molar-refractivity contribution in [2.75, 3.05) is 5.75 Å². The third-order valence-corrected chi connectivity index (χ3v) is 11.3. The highest BCUT2D eigenvalue weighted by atomic mass is 32.2. The number of carbonyl (C=O) groups excluding carboxylic acids is 1. The van der Waals surface area contributed by atoms with Gasteiger partial charge in [0.25, 0.3) is 10.1 Å². The van der Waals surface area contributed by atoms with E-state index in [1.807, 2.05) is 6.08 Å².